The molecule has 1 heterocycles. The van der Waals surface area contributed by atoms with E-state index in [0.29, 0.717) is 11.5 Å². The second-order valence-corrected chi connectivity index (χ2v) is 5.61. The quantitative estimate of drug-likeness (QED) is 0.837. The highest BCUT2D eigenvalue weighted by Gasteiger charge is 2.26. The summed E-state index contributed by atoms with van der Waals surface area (Å²) in [6, 6.07) is 5.57. The minimum Gasteiger partial charge on any atom is -0.496 e. The van der Waals surface area contributed by atoms with Crippen molar-refractivity contribution < 1.29 is 14.6 Å². The van der Waals surface area contributed by atoms with Crippen molar-refractivity contribution in [2.45, 2.75) is 32.9 Å². The van der Waals surface area contributed by atoms with Crippen molar-refractivity contribution in [3.05, 3.63) is 29.3 Å². The first-order chi connectivity index (χ1) is 9.51. The molecule has 2 unspecified atom stereocenters. The number of carbonyl (C=O) groups is 1. The Bertz CT molecular complexity index is 485. The zero-order chi connectivity index (χ0) is 14.7. The summed E-state index contributed by atoms with van der Waals surface area (Å²) < 4.78 is 5.38. The first-order valence-electron chi connectivity index (χ1n) is 7.09. The van der Waals surface area contributed by atoms with Crippen LogP contribution < -0.4 is 4.74 Å². The Morgan fingerprint density at radius 2 is 2.30 bits per heavy atom. The molecular formula is C16H23NO3. The van der Waals surface area contributed by atoms with Gasteiger partial charge in [0.2, 0.25) is 0 Å². The fourth-order valence-corrected chi connectivity index (χ4v) is 2.76. The molecule has 0 aliphatic carbocycles. The number of methoxy groups -OCH3 is 1. The highest BCUT2D eigenvalue weighted by molar-refractivity contribution is 5.94. The molecule has 0 saturated carbocycles. The number of rotatable bonds is 5. The van der Waals surface area contributed by atoms with Crippen molar-refractivity contribution in [3.63, 3.8) is 0 Å². The molecule has 1 aromatic carbocycles. The molecule has 1 aliphatic rings. The van der Waals surface area contributed by atoms with E-state index in [1.807, 2.05) is 19.1 Å². The second kappa shape index (κ2) is 6.37. The molecule has 20 heavy (non-hydrogen) atoms. The summed E-state index contributed by atoms with van der Waals surface area (Å²) >= 11 is 0. The lowest BCUT2D eigenvalue weighted by atomic mass is 10.0. The van der Waals surface area contributed by atoms with Crippen molar-refractivity contribution in [2.24, 2.45) is 5.92 Å². The molecule has 1 fully saturated rings. The van der Waals surface area contributed by atoms with E-state index in [1.165, 1.54) is 0 Å². The van der Waals surface area contributed by atoms with Crippen molar-refractivity contribution in [1.82, 2.24) is 4.90 Å². The first-order valence-corrected chi connectivity index (χ1v) is 7.09. The van der Waals surface area contributed by atoms with Gasteiger partial charge in [0, 0.05) is 24.2 Å². The van der Waals surface area contributed by atoms with E-state index in [4.69, 9.17) is 4.74 Å². The van der Waals surface area contributed by atoms with Crippen molar-refractivity contribution >= 4 is 5.78 Å². The van der Waals surface area contributed by atoms with Crippen LogP contribution in [0.15, 0.2) is 18.2 Å². The van der Waals surface area contributed by atoms with Crippen LogP contribution in [0.5, 0.6) is 5.75 Å². The van der Waals surface area contributed by atoms with Crippen LogP contribution in [-0.2, 0) is 6.54 Å². The molecule has 0 bridgehead atoms. The fourth-order valence-electron chi connectivity index (χ4n) is 2.76. The van der Waals surface area contributed by atoms with Crippen LogP contribution >= 0.6 is 0 Å². The van der Waals surface area contributed by atoms with E-state index in [1.54, 1.807) is 20.1 Å². The molecule has 4 nitrogen and oxygen atoms in total. The number of hydrogen-bond acceptors (Lipinski definition) is 4. The van der Waals surface area contributed by atoms with E-state index >= 15 is 0 Å². The molecule has 0 spiro atoms. The third kappa shape index (κ3) is 3.38. The fraction of sp³-hybridized carbons (Fsp3) is 0.562. The average Bonchev–Trinajstić information content (AvgIpc) is 2.87. The summed E-state index contributed by atoms with van der Waals surface area (Å²) in [5.74, 6) is 1.23. The average molecular weight is 277 g/mol. The van der Waals surface area contributed by atoms with Gasteiger partial charge < -0.3 is 9.84 Å². The summed E-state index contributed by atoms with van der Waals surface area (Å²) in [4.78, 5) is 13.8. The topological polar surface area (TPSA) is 49.8 Å². The third-order valence-electron chi connectivity index (χ3n) is 4.07. The van der Waals surface area contributed by atoms with Crippen LogP contribution in [0.2, 0.25) is 0 Å². The number of hydrogen-bond donors (Lipinski definition) is 1. The number of aliphatic hydroxyl groups is 1. The molecule has 4 heteroatoms. The number of ketones is 1. The van der Waals surface area contributed by atoms with Gasteiger partial charge in [0.15, 0.2) is 5.78 Å². The van der Waals surface area contributed by atoms with Gasteiger partial charge in [-0.2, -0.15) is 0 Å². The monoisotopic (exact) mass is 277 g/mol. The SMILES string of the molecule is COc1ccc(C(C)=O)cc1CN1CCC(C(C)O)C1. The van der Waals surface area contributed by atoms with E-state index in [9.17, 15) is 9.90 Å². The van der Waals surface area contributed by atoms with Gasteiger partial charge in [-0.15, -0.1) is 0 Å². The molecule has 1 saturated heterocycles. The van der Waals surface area contributed by atoms with Gasteiger partial charge in [0.1, 0.15) is 5.75 Å². The standard InChI is InChI=1S/C16H23NO3/c1-11(18)13-4-5-16(20-3)15(8-13)10-17-7-6-14(9-17)12(2)19/h4-5,8,12,14,19H,6-7,9-10H2,1-3H3. The van der Waals surface area contributed by atoms with Gasteiger partial charge in [-0.3, -0.25) is 9.69 Å². The lowest BCUT2D eigenvalue weighted by Crippen LogP contribution is -2.24. The largest absolute Gasteiger partial charge is 0.496 e. The van der Waals surface area contributed by atoms with Crippen LogP contribution in [0.4, 0.5) is 0 Å². The minimum absolute atomic E-state index is 0.0668. The zero-order valence-corrected chi connectivity index (χ0v) is 12.4. The Labute approximate surface area is 120 Å². The van der Waals surface area contributed by atoms with E-state index in [2.05, 4.69) is 4.90 Å². The number of Topliss-reactive ketones (excluding diaryl/α,β-unsaturated/α-hetero) is 1. The van der Waals surface area contributed by atoms with Crippen LogP contribution in [-0.4, -0.2) is 42.1 Å². The number of ether oxygens (including phenoxy) is 1. The number of aliphatic hydroxyl groups excluding tert-OH is 1. The van der Waals surface area contributed by atoms with Gasteiger partial charge in [-0.05, 0) is 50.9 Å². The maximum Gasteiger partial charge on any atom is 0.159 e. The Morgan fingerprint density at radius 3 is 2.85 bits per heavy atom. The first kappa shape index (κ1) is 15.0. The van der Waals surface area contributed by atoms with Gasteiger partial charge in [-0.25, -0.2) is 0 Å². The van der Waals surface area contributed by atoms with Crippen LogP contribution in [0.3, 0.4) is 0 Å². The van der Waals surface area contributed by atoms with Crippen LogP contribution in [0.1, 0.15) is 36.2 Å². The normalized spacial score (nSPS) is 20.9. The van der Waals surface area contributed by atoms with E-state index in [0.717, 1.165) is 37.4 Å². The third-order valence-corrected chi connectivity index (χ3v) is 4.07. The van der Waals surface area contributed by atoms with Crippen molar-refractivity contribution in [3.8, 4) is 5.75 Å². The summed E-state index contributed by atoms with van der Waals surface area (Å²) in [5, 5.41) is 9.66. The number of nitrogens with zero attached hydrogens (tertiary/aromatic N) is 1. The minimum atomic E-state index is -0.259. The Morgan fingerprint density at radius 1 is 1.55 bits per heavy atom. The van der Waals surface area contributed by atoms with Gasteiger partial charge in [-0.1, -0.05) is 0 Å². The maximum atomic E-state index is 11.5. The number of benzene rings is 1. The summed E-state index contributed by atoms with van der Waals surface area (Å²) in [5.41, 5.74) is 1.75. The highest BCUT2D eigenvalue weighted by atomic mass is 16.5. The molecule has 1 aliphatic heterocycles. The van der Waals surface area contributed by atoms with Crippen LogP contribution in [0.25, 0.3) is 0 Å². The molecular weight excluding hydrogens is 254 g/mol. The predicted octanol–water partition coefficient (Wildman–Crippen LogP) is 2.10. The second-order valence-electron chi connectivity index (χ2n) is 5.61. The molecule has 1 N–H and O–H groups in total. The molecule has 1 aromatic rings. The van der Waals surface area contributed by atoms with Crippen LogP contribution in [0, 0.1) is 5.92 Å². The number of likely N-dealkylation sites (tertiary alicyclic amines) is 1. The zero-order valence-electron chi connectivity index (χ0n) is 12.4. The Balaban J connectivity index is 2.12. The lowest BCUT2D eigenvalue weighted by molar-refractivity contribution is 0.101. The lowest BCUT2D eigenvalue weighted by Gasteiger charge is -2.19. The molecule has 110 valence electrons. The van der Waals surface area contributed by atoms with E-state index < -0.39 is 0 Å². The molecule has 0 radical (unpaired) electrons. The predicted molar refractivity (Wildman–Crippen MR) is 78.1 cm³/mol. The Kier molecular flexibility index (Phi) is 4.78. The Hall–Kier alpha value is -1.39. The molecule has 0 aromatic heterocycles. The van der Waals surface area contributed by atoms with Gasteiger partial charge >= 0.3 is 0 Å². The van der Waals surface area contributed by atoms with E-state index in [-0.39, 0.29) is 11.9 Å². The highest BCUT2D eigenvalue weighted by Crippen LogP contribution is 2.26. The van der Waals surface area contributed by atoms with Gasteiger partial charge in [0.05, 0.1) is 13.2 Å². The van der Waals surface area contributed by atoms with Crippen molar-refractivity contribution in [1.29, 1.82) is 0 Å². The summed E-state index contributed by atoms with van der Waals surface area (Å²) in [7, 11) is 1.65. The summed E-state index contributed by atoms with van der Waals surface area (Å²) in [6.07, 6.45) is 0.761. The van der Waals surface area contributed by atoms with Crippen molar-refractivity contribution in [2.75, 3.05) is 20.2 Å². The number of carbonyl (C=O) groups excluding carboxylic acids is 1. The molecule has 2 rings (SSSR count). The molecule has 2 atom stereocenters. The molecule has 0 amide bonds. The smallest absolute Gasteiger partial charge is 0.159 e. The van der Waals surface area contributed by atoms with Gasteiger partial charge in [0.25, 0.3) is 0 Å². The maximum absolute atomic E-state index is 11.5. The summed E-state index contributed by atoms with van der Waals surface area (Å²) in [6.45, 7) is 6.05.